The van der Waals surface area contributed by atoms with Gasteiger partial charge in [0.15, 0.2) is 0 Å². The molecule has 0 spiro atoms. The van der Waals surface area contributed by atoms with Crippen LogP contribution in [0.5, 0.6) is 5.75 Å². The Bertz CT molecular complexity index is 779. The van der Waals surface area contributed by atoms with Crippen LogP contribution in [-0.2, 0) is 4.79 Å². The molecule has 1 aromatic carbocycles. The largest absolute Gasteiger partial charge is 0.497 e. The van der Waals surface area contributed by atoms with E-state index in [9.17, 15) is 4.79 Å². The van der Waals surface area contributed by atoms with Crippen LogP contribution in [0, 0.1) is 5.41 Å². The Morgan fingerprint density at radius 3 is 2.45 bits per heavy atom. The molecule has 0 aliphatic carbocycles. The number of hydrogen-bond donors (Lipinski definition) is 2. The number of carbonyl (C=O) groups excluding carboxylic acids is 1. The number of amides is 1. The van der Waals surface area contributed by atoms with E-state index in [2.05, 4.69) is 33.4 Å². The quantitative estimate of drug-likeness (QED) is 0.779. The lowest BCUT2D eigenvalue weighted by molar-refractivity contribution is -0.931. The fraction of sp³-hybridized carbons (Fsp3) is 0.478. The van der Waals surface area contributed by atoms with Gasteiger partial charge in [-0.15, -0.1) is 0 Å². The molecule has 2 aromatic rings. The van der Waals surface area contributed by atoms with Crippen molar-refractivity contribution in [3.63, 3.8) is 0 Å². The second-order valence-corrected chi connectivity index (χ2v) is 8.64. The minimum Gasteiger partial charge on any atom is -0.497 e. The smallest absolute Gasteiger partial charge is 0.225 e. The number of nitrogens with one attached hydrogen (secondary N) is 2. The van der Waals surface area contributed by atoms with Gasteiger partial charge in [0.2, 0.25) is 5.91 Å². The van der Waals surface area contributed by atoms with Gasteiger partial charge in [-0.3, -0.25) is 9.78 Å². The normalized spacial score (nSPS) is 16.3. The molecule has 0 radical (unpaired) electrons. The summed E-state index contributed by atoms with van der Waals surface area (Å²) in [4.78, 5) is 20.6. The second-order valence-electron chi connectivity index (χ2n) is 8.64. The first-order chi connectivity index (χ1) is 13.9. The standard InChI is InChI=1S/C23H32N4O2/c1-23(2,3)22(28)25-17-21(18-6-5-11-24-16-18)27-14-12-26(13-15-27)19-7-9-20(29-4)10-8-19/h5-11,16,21H,12-15,17H2,1-4H3,(H,25,28)/p+1. The first kappa shape index (κ1) is 21.1. The maximum Gasteiger partial charge on any atom is 0.225 e. The zero-order chi connectivity index (χ0) is 20.9. The van der Waals surface area contributed by atoms with Gasteiger partial charge in [-0.05, 0) is 36.4 Å². The summed E-state index contributed by atoms with van der Waals surface area (Å²) >= 11 is 0. The van der Waals surface area contributed by atoms with Gasteiger partial charge in [0, 0.05) is 29.1 Å². The minimum atomic E-state index is -0.387. The van der Waals surface area contributed by atoms with Crippen LogP contribution in [-0.4, -0.2) is 50.7 Å². The molecular weight excluding hydrogens is 364 g/mol. The van der Waals surface area contributed by atoms with Crippen molar-refractivity contribution in [1.82, 2.24) is 10.3 Å². The van der Waals surface area contributed by atoms with Crippen LogP contribution in [0.15, 0.2) is 48.8 Å². The maximum absolute atomic E-state index is 12.4. The molecule has 1 fully saturated rings. The Kier molecular flexibility index (Phi) is 6.75. The number of nitrogens with zero attached hydrogens (tertiary/aromatic N) is 2. The number of pyridine rings is 1. The summed E-state index contributed by atoms with van der Waals surface area (Å²) < 4.78 is 5.26. The predicted molar refractivity (Wildman–Crippen MR) is 115 cm³/mol. The van der Waals surface area contributed by atoms with Crippen molar-refractivity contribution < 1.29 is 14.4 Å². The molecule has 156 valence electrons. The summed E-state index contributed by atoms with van der Waals surface area (Å²) in [7, 11) is 1.69. The third-order valence-corrected chi connectivity index (χ3v) is 5.57. The molecule has 6 nitrogen and oxygen atoms in total. The van der Waals surface area contributed by atoms with Crippen LogP contribution in [0.4, 0.5) is 5.69 Å². The summed E-state index contributed by atoms with van der Waals surface area (Å²) in [5, 5.41) is 3.16. The Morgan fingerprint density at radius 2 is 1.90 bits per heavy atom. The average Bonchev–Trinajstić information content (AvgIpc) is 2.74. The van der Waals surface area contributed by atoms with Crippen LogP contribution >= 0.6 is 0 Å². The topological polar surface area (TPSA) is 58.9 Å². The highest BCUT2D eigenvalue weighted by molar-refractivity contribution is 5.81. The summed E-state index contributed by atoms with van der Waals surface area (Å²) in [6.07, 6.45) is 3.72. The Morgan fingerprint density at radius 1 is 1.21 bits per heavy atom. The number of methoxy groups -OCH3 is 1. The van der Waals surface area contributed by atoms with Gasteiger partial charge >= 0.3 is 0 Å². The van der Waals surface area contributed by atoms with E-state index >= 15 is 0 Å². The zero-order valence-electron chi connectivity index (χ0n) is 17.9. The van der Waals surface area contributed by atoms with E-state index in [0.29, 0.717) is 6.54 Å². The maximum atomic E-state index is 12.4. The monoisotopic (exact) mass is 397 g/mol. The number of rotatable bonds is 6. The summed E-state index contributed by atoms with van der Waals surface area (Å²) in [6, 6.07) is 12.5. The molecule has 3 rings (SSSR count). The highest BCUT2D eigenvalue weighted by Gasteiger charge is 2.30. The number of ether oxygens (including phenoxy) is 1. The van der Waals surface area contributed by atoms with Crippen LogP contribution in [0.2, 0.25) is 0 Å². The van der Waals surface area contributed by atoms with Crippen molar-refractivity contribution in [3.8, 4) is 5.75 Å². The van der Waals surface area contributed by atoms with E-state index in [0.717, 1.165) is 31.9 Å². The molecule has 1 aromatic heterocycles. The molecule has 0 saturated carbocycles. The highest BCUT2D eigenvalue weighted by atomic mass is 16.5. The number of quaternary nitrogens is 1. The number of benzene rings is 1. The Labute approximate surface area is 173 Å². The van der Waals surface area contributed by atoms with Gasteiger partial charge in [-0.1, -0.05) is 20.8 Å². The van der Waals surface area contributed by atoms with Crippen molar-refractivity contribution >= 4 is 11.6 Å². The first-order valence-electron chi connectivity index (χ1n) is 10.3. The second kappa shape index (κ2) is 9.27. The molecule has 29 heavy (non-hydrogen) atoms. The van der Waals surface area contributed by atoms with Crippen molar-refractivity contribution in [1.29, 1.82) is 0 Å². The van der Waals surface area contributed by atoms with Crippen molar-refractivity contribution in [2.24, 2.45) is 5.41 Å². The average molecular weight is 398 g/mol. The molecular formula is C23H33N4O2+. The lowest BCUT2D eigenvalue weighted by Gasteiger charge is -2.38. The van der Waals surface area contributed by atoms with E-state index in [1.165, 1.54) is 16.2 Å². The molecule has 1 aliphatic rings. The fourth-order valence-electron chi connectivity index (χ4n) is 3.73. The molecule has 0 bridgehead atoms. The highest BCUT2D eigenvalue weighted by Crippen LogP contribution is 2.19. The molecule has 1 amide bonds. The van der Waals surface area contributed by atoms with E-state index in [1.807, 2.05) is 45.2 Å². The van der Waals surface area contributed by atoms with Gasteiger partial charge < -0.3 is 19.9 Å². The van der Waals surface area contributed by atoms with E-state index < -0.39 is 0 Å². The Hall–Kier alpha value is -2.60. The molecule has 2 heterocycles. The van der Waals surface area contributed by atoms with Crippen LogP contribution < -0.4 is 19.9 Å². The Balaban J connectivity index is 1.66. The number of aromatic nitrogens is 1. The van der Waals surface area contributed by atoms with Crippen LogP contribution in [0.25, 0.3) is 0 Å². The van der Waals surface area contributed by atoms with Gasteiger partial charge in [0.05, 0.1) is 39.8 Å². The van der Waals surface area contributed by atoms with Crippen molar-refractivity contribution in [3.05, 3.63) is 54.4 Å². The summed E-state index contributed by atoms with van der Waals surface area (Å²) in [5.41, 5.74) is 2.01. The summed E-state index contributed by atoms with van der Waals surface area (Å²) in [6.45, 7) is 10.4. The lowest BCUT2D eigenvalue weighted by atomic mass is 9.95. The van der Waals surface area contributed by atoms with Gasteiger partial charge in [0.25, 0.3) is 0 Å². The van der Waals surface area contributed by atoms with Crippen LogP contribution in [0.3, 0.4) is 0 Å². The van der Waals surface area contributed by atoms with Crippen molar-refractivity contribution in [2.75, 3.05) is 44.7 Å². The number of piperazine rings is 1. The minimum absolute atomic E-state index is 0.0858. The lowest BCUT2D eigenvalue weighted by Crippen LogP contribution is -3.15. The third kappa shape index (κ3) is 5.48. The molecule has 6 heteroatoms. The number of hydrogen-bond acceptors (Lipinski definition) is 4. The zero-order valence-corrected chi connectivity index (χ0v) is 17.9. The van der Waals surface area contributed by atoms with E-state index in [4.69, 9.17) is 4.74 Å². The van der Waals surface area contributed by atoms with Gasteiger partial charge in [-0.25, -0.2) is 0 Å². The van der Waals surface area contributed by atoms with E-state index in [-0.39, 0.29) is 17.4 Å². The molecule has 1 aliphatic heterocycles. The molecule has 1 atom stereocenters. The molecule has 1 unspecified atom stereocenters. The third-order valence-electron chi connectivity index (χ3n) is 5.57. The number of carbonyl (C=O) groups is 1. The predicted octanol–water partition coefficient (Wildman–Crippen LogP) is 1.70. The fourth-order valence-corrected chi connectivity index (χ4v) is 3.73. The van der Waals surface area contributed by atoms with Gasteiger partial charge in [-0.2, -0.15) is 0 Å². The van der Waals surface area contributed by atoms with Crippen molar-refractivity contribution in [2.45, 2.75) is 26.8 Å². The first-order valence-corrected chi connectivity index (χ1v) is 10.3. The SMILES string of the molecule is COc1ccc(N2CC[NH+](C(CNC(=O)C(C)(C)C)c3cccnc3)CC2)cc1. The van der Waals surface area contributed by atoms with Crippen LogP contribution in [0.1, 0.15) is 32.4 Å². The van der Waals surface area contributed by atoms with E-state index in [1.54, 1.807) is 13.3 Å². The summed E-state index contributed by atoms with van der Waals surface area (Å²) in [5.74, 6) is 0.965. The molecule has 2 N–H and O–H groups in total. The molecule has 1 saturated heterocycles. The van der Waals surface area contributed by atoms with Gasteiger partial charge in [0.1, 0.15) is 11.8 Å². The number of anilines is 1.